The van der Waals surface area contributed by atoms with Crippen LogP contribution in [0.25, 0.3) is 6.08 Å². The second-order valence-corrected chi connectivity index (χ2v) is 6.96. The summed E-state index contributed by atoms with van der Waals surface area (Å²) < 4.78 is 7.01. The minimum absolute atomic E-state index is 0.0155. The van der Waals surface area contributed by atoms with Gasteiger partial charge in [0.15, 0.2) is 0 Å². The molecule has 1 N–H and O–H groups in total. The zero-order valence-corrected chi connectivity index (χ0v) is 17.0. The van der Waals surface area contributed by atoms with E-state index in [0.717, 1.165) is 17.5 Å². The van der Waals surface area contributed by atoms with Crippen LogP contribution < -0.4 is 0 Å². The lowest BCUT2D eigenvalue weighted by molar-refractivity contribution is -0.142. The zero-order valence-electron chi connectivity index (χ0n) is 17.0. The first-order valence-corrected chi connectivity index (χ1v) is 9.90. The van der Waals surface area contributed by atoms with Crippen LogP contribution in [0.5, 0.6) is 0 Å². The van der Waals surface area contributed by atoms with Crippen molar-refractivity contribution in [2.24, 2.45) is 0 Å². The average molecular weight is 403 g/mol. The topological polar surface area (TPSA) is 68.5 Å². The van der Waals surface area contributed by atoms with E-state index in [0.29, 0.717) is 17.8 Å². The third-order valence-electron chi connectivity index (χ3n) is 4.77. The number of hydrogen-bond donors (Lipinski definition) is 1. The molecular weight excluding hydrogens is 378 g/mol. The maximum Gasteiger partial charge on any atom is 0.329 e. The fourth-order valence-corrected chi connectivity index (χ4v) is 3.10. The number of aliphatic carboxylic acids is 1. The summed E-state index contributed by atoms with van der Waals surface area (Å²) >= 11 is 0. The largest absolute Gasteiger partial charge is 0.480 e. The number of ketones is 1. The molecule has 0 radical (unpaired) electrons. The lowest BCUT2D eigenvalue weighted by Crippen LogP contribution is -2.09. The van der Waals surface area contributed by atoms with E-state index in [-0.39, 0.29) is 19.0 Å². The fourth-order valence-electron chi connectivity index (χ4n) is 3.10. The third-order valence-corrected chi connectivity index (χ3v) is 4.77. The summed E-state index contributed by atoms with van der Waals surface area (Å²) in [6.07, 6.45) is 6.85. The Kier molecular flexibility index (Phi) is 7.35. The van der Waals surface area contributed by atoms with Gasteiger partial charge in [-0.25, -0.2) is 4.79 Å². The van der Waals surface area contributed by atoms with Crippen LogP contribution in [0.15, 0.2) is 72.9 Å². The summed E-state index contributed by atoms with van der Waals surface area (Å²) in [6.45, 7) is 2.65. The number of carboxylic acids is 1. The summed E-state index contributed by atoms with van der Waals surface area (Å²) in [6, 6.07) is 19.2. The number of aromatic nitrogens is 1. The van der Waals surface area contributed by atoms with Crippen LogP contribution in [0.4, 0.5) is 0 Å². The molecule has 0 bridgehead atoms. The van der Waals surface area contributed by atoms with E-state index < -0.39 is 5.97 Å². The maximum absolute atomic E-state index is 12.8. The molecule has 30 heavy (non-hydrogen) atoms. The van der Waals surface area contributed by atoms with Gasteiger partial charge in [-0.1, -0.05) is 67.6 Å². The minimum Gasteiger partial charge on any atom is -0.480 e. The minimum atomic E-state index is -0.976. The maximum atomic E-state index is 12.8. The molecule has 0 unspecified atom stereocenters. The highest BCUT2D eigenvalue weighted by Gasteiger charge is 2.12. The van der Waals surface area contributed by atoms with Crippen LogP contribution in [-0.4, -0.2) is 28.0 Å². The molecule has 1 aromatic heterocycles. The molecule has 1 heterocycles. The van der Waals surface area contributed by atoms with Gasteiger partial charge in [0, 0.05) is 18.3 Å². The van der Waals surface area contributed by atoms with Crippen molar-refractivity contribution < 1.29 is 19.4 Å². The van der Waals surface area contributed by atoms with Crippen molar-refractivity contribution in [2.75, 3.05) is 6.61 Å². The van der Waals surface area contributed by atoms with Gasteiger partial charge >= 0.3 is 5.97 Å². The average Bonchev–Trinajstić information content (AvgIpc) is 3.22. The highest BCUT2D eigenvalue weighted by atomic mass is 16.5. The Balaban J connectivity index is 1.60. The first kappa shape index (κ1) is 21.3. The van der Waals surface area contributed by atoms with Crippen molar-refractivity contribution in [3.05, 3.63) is 101 Å². The van der Waals surface area contributed by atoms with Crippen molar-refractivity contribution in [1.29, 1.82) is 0 Å². The van der Waals surface area contributed by atoms with Crippen LogP contribution in [0.1, 0.15) is 39.7 Å². The normalized spacial score (nSPS) is 11.1. The van der Waals surface area contributed by atoms with E-state index in [9.17, 15) is 9.59 Å². The number of ether oxygens (including phenoxy) is 1. The number of carboxylic acid groups (broad SMARTS) is 1. The van der Waals surface area contributed by atoms with Gasteiger partial charge in [-0.15, -0.1) is 0 Å². The summed E-state index contributed by atoms with van der Waals surface area (Å²) in [5, 5.41) is 8.59. The second kappa shape index (κ2) is 10.4. The number of allylic oxidation sites excluding steroid dienone is 1. The molecule has 5 heteroatoms. The molecule has 0 aliphatic carbocycles. The fraction of sp³-hybridized carbons (Fsp3) is 0.200. The van der Waals surface area contributed by atoms with Gasteiger partial charge in [0.05, 0.1) is 12.3 Å². The number of benzene rings is 2. The summed E-state index contributed by atoms with van der Waals surface area (Å²) in [4.78, 5) is 23.3. The Morgan fingerprint density at radius 3 is 2.37 bits per heavy atom. The van der Waals surface area contributed by atoms with E-state index in [2.05, 4.69) is 6.92 Å². The smallest absolute Gasteiger partial charge is 0.329 e. The predicted molar refractivity (Wildman–Crippen MR) is 116 cm³/mol. The van der Waals surface area contributed by atoms with Crippen LogP contribution >= 0.6 is 0 Å². The van der Waals surface area contributed by atoms with Crippen molar-refractivity contribution in [2.45, 2.75) is 26.5 Å². The molecule has 0 fully saturated rings. The Morgan fingerprint density at radius 1 is 1.00 bits per heavy atom. The van der Waals surface area contributed by atoms with Crippen LogP contribution in [0.2, 0.25) is 0 Å². The quantitative estimate of drug-likeness (QED) is 0.503. The molecule has 0 atom stereocenters. The van der Waals surface area contributed by atoms with Gasteiger partial charge in [0.2, 0.25) is 5.78 Å². The van der Waals surface area contributed by atoms with E-state index >= 15 is 0 Å². The third kappa shape index (κ3) is 5.78. The van der Waals surface area contributed by atoms with Crippen LogP contribution in [-0.2, 0) is 29.1 Å². The van der Waals surface area contributed by atoms with Gasteiger partial charge in [-0.3, -0.25) is 4.79 Å². The van der Waals surface area contributed by atoms with Crippen molar-refractivity contribution in [3.63, 3.8) is 0 Å². The second-order valence-electron chi connectivity index (χ2n) is 6.96. The van der Waals surface area contributed by atoms with Crippen molar-refractivity contribution >= 4 is 17.8 Å². The van der Waals surface area contributed by atoms with E-state index in [1.54, 1.807) is 0 Å². The van der Waals surface area contributed by atoms with E-state index in [4.69, 9.17) is 9.84 Å². The SMILES string of the molecule is CCc1ccc(C(=O)c2cccn2C/C=C/c2ccc(COCC(=O)O)cc2)cc1. The molecule has 0 saturated heterocycles. The van der Waals surface area contributed by atoms with Gasteiger partial charge in [0.25, 0.3) is 0 Å². The molecule has 0 aliphatic heterocycles. The lowest BCUT2D eigenvalue weighted by atomic mass is 10.0. The highest BCUT2D eigenvalue weighted by Crippen LogP contribution is 2.14. The molecule has 0 saturated carbocycles. The first-order chi connectivity index (χ1) is 14.6. The molecule has 0 aliphatic rings. The first-order valence-electron chi connectivity index (χ1n) is 9.90. The Morgan fingerprint density at radius 2 is 1.70 bits per heavy atom. The number of rotatable bonds is 10. The lowest BCUT2D eigenvalue weighted by Gasteiger charge is -2.07. The number of nitrogens with zero attached hydrogens (tertiary/aromatic N) is 1. The van der Waals surface area contributed by atoms with E-state index in [1.165, 1.54) is 5.56 Å². The molecule has 2 aromatic carbocycles. The molecule has 0 amide bonds. The Hall–Kier alpha value is -3.44. The summed E-state index contributed by atoms with van der Waals surface area (Å²) in [5.74, 6) is -0.961. The molecule has 0 spiro atoms. The molecule has 154 valence electrons. The van der Waals surface area contributed by atoms with Gasteiger partial charge in [-0.05, 0) is 35.2 Å². The number of carbonyl (C=O) groups is 2. The van der Waals surface area contributed by atoms with Crippen LogP contribution in [0, 0.1) is 0 Å². The predicted octanol–water partition coefficient (Wildman–Crippen LogP) is 4.60. The summed E-state index contributed by atoms with van der Waals surface area (Å²) in [5.41, 5.74) is 4.50. The monoisotopic (exact) mass is 403 g/mol. The van der Waals surface area contributed by atoms with Gasteiger partial charge < -0.3 is 14.4 Å². The van der Waals surface area contributed by atoms with Crippen molar-refractivity contribution in [3.8, 4) is 0 Å². The standard InChI is InChI=1S/C25H25NO4/c1-2-19-11-13-22(14-12-19)25(29)23-6-4-16-26(23)15-3-5-20-7-9-21(10-8-20)17-30-18-24(27)28/h3-14,16H,2,15,17-18H2,1H3,(H,27,28)/b5-3+. The molecule has 3 rings (SSSR count). The van der Waals surface area contributed by atoms with Crippen molar-refractivity contribution in [1.82, 2.24) is 4.57 Å². The number of aryl methyl sites for hydroxylation is 1. The highest BCUT2D eigenvalue weighted by molar-refractivity contribution is 6.08. The number of hydrogen-bond acceptors (Lipinski definition) is 3. The molecule has 5 nitrogen and oxygen atoms in total. The molecule has 3 aromatic rings. The Labute approximate surface area is 176 Å². The van der Waals surface area contributed by atoms with E-state index in [1.807, 2.05) is 83.6 Å². The molecular formula is C25H25NO4. The zero-order chi connectivity index (χ0) is 21.3. The van der Waals surface area contributed by atoms with Gasteiger partial charge in [0.1, 0.15) is 6.61 Å². The van der Waals surface area contributed by atoms with Crippen LogP contribution in [0.3, 0.4) is 0 Å². The van der Waals surface area contributed by atoms with Gasteiger partial charge in [-0.2, -0.15) is 0 Å². The number of carbonyl (C=O) groups excluding carboxylic acids is 1. The summed E-state index contributed by atoms with van der Waals surface area (Å²) in [7, 11) is 0. The Bertz CT molecular complexity index is 1010.